The lowest BCUT2D eigenvalue weighted by Gasteiger charge is -2.32. The van der Waals surface area contributed by atoms with Gasteiger partial charge in [0.1, 0.15) is 12.1 Å². The molecule has 1 aromatic rings. The predicted molar refractivity (Wildman–Crippen MR) is 220 cm³/mol. The summed E-state index contributed by atoms with van der Waals surface area (Å²) < 4.78 is 70.8. The van der Waals surface area contributed by atoms with E-state index in [2.05, 4.69) is 10.6 Å². The third-order valence-electron chi connectivity index (χ3n) is 10.6. The van der Waals surface area contributed by atoms with Gasteiger partial charge in [0.05, 0.1) is 23.0 Å². The second-order valence-corrected chi connectivity index (χ2v) is 19.7. The lowest BCUT2D eigenvalue weighted by Crippen LogP contribution is -2.57. The van der Waals surface area contributed by atoms with Gasteiger partial charge in [-0.25, -0.2) is 0 Å². The summed E-state index contributed by atoms with van der Waals surface area (Å²) in [4.78, 5) is 78.6. The maximum Gasteiger partial charge on any atom is 0.410 e. The second kappa shape index (κ2) is 21.2. The standard InChI is InChI=1S/C42H63F2N4O12P/c1-11-12-13-32(37(52)48-22-28-21-30(28)35(48)36(51)47-31(26(3)56-10)18-19-33(45)49)46-34(50)20-25(2)27-14-16-29(17-15-27)42(43,44)61(55,59-23-57-38(53)40(4,5)6)60-24-58-39(54)41(7,8)9/h14-17,20,26,28,30-32,35H,11-13,18-19,21-24H2,1-10H3,(H2,45,49)(H,46,50)(H,47,51)/b25-20+/t26-,28-,30-,31+,32+,35+/m1/s1. The molecule has 3 rings (SSSR count). The van der Waals surface area contributed by atoms with E-state index in [1.165, 1.54) is 71.8 Å². The number of hydrogen-bond acceptors (Lipinski definition) is 12. The fraction of sp³-hybridized carbons (Fsp3) is 0.667. The molecule has 4 amide bonds. The summed E-state index contributed by atoms with van der Waals surface area (Å²) in [5.74, 6) is -3.46. The van der Waals surface area contributed by atoms with Crippen LogP contribution in [0.3, 0.4) is 0 Å². The van der Waals surface area contributed by atoms with Crippen molar-refractivity contribution < 1.29 is 65.4 Å². The number of carbonyl (C=O) groups is 6. The number of carbonyl (C=O) groups excluding carboxylic acids is 6. The van der Waals surface area contributed by atoms with Gasteiger partial charge in [-0.1, -0.05) is 44.0 Å². The minimum Gasteiger partial charge on any atom is -0.438 e. The molecule has 61 heavy (non-hydrogen) atoms. The molecule has 1 aliphatic carbocycles. The highest BCUT2D eigenvalue weighted by Gasteiger charge is 2.58. The first-order chi connectivity index (χ1) is 28.3. The monoisotopic (exact) mass is 884 g/mol. The second-order valence-electron chi connectivity index (χ2n) is 17.7. The number of piperidine rings is 1. The average Bonchev–Trinajstić information content (AvgIpc) is 3.84. The molecule has 0 bridgehead atoms. The summed E-state index contributed by atoms with van der Waals surface area (Å²) in [6, 6.07) is 2.17. The topological polar surface area (TPSA) is 219 Å². The predicted octanol–water partition coefficient (Wildman–Crippen LogP) is 5.77. The molecule has 1 aromatic carbocycles. The number of alkyl halides is 2. The summed E-state index contributed by atoms with van der Waals surface area (Å²) in [5.41, 5.74) is -1.20. The molecule has 2 aliphatic rings. The van der Waals surface area contributed by atoms with E-state index >= 15 is 8.78 Å². The summed E-state index contributed by atoms with van der Waals surface area (Å²) in [6.07, 6.45) is 3.48. The van der Waals surface area contributed by atoms with Crippen molar-refractivity contribution in [3.63, 3.8) is 0 Å². The van der Waals surface area contributed by atoms with Crippen molar-refractivity contribution in [1.29, 1.82) is 0 Å². The van der Waals surface area contributed by atoms with E-state index < -0.39 is 97.1 Å². The largest absolute Gasteiger partial charge is 0.438 e. The molecular formula is C42H63F2N4O12P. The Bertz CT molecular complexity index is 1790. The van der Waals surface area contributed by atoms with Gasteiger partial charge in [0.25, 0.3) is 0 Å². The van der Waals surface area contributed by atoms with E-state index in [0.29, 0.717) is 30.5 Å². The van der Waals surface area contributed by atoms with Gasteiger partial charge in [0, 0.05) is 31.7 Å². The van der Waals surface area contributed by atoms with Crippen LogP contribution >= 0.6 is 7.60 Å². The number of amides is 4. The zero-order valence-corrected chi connectivity index (χ0v) is 37.7. The quantitative estimate of drug-likeness (QED) is 0.0548. The molecule has 0 spiro atoms. The van der Waals surface area contributed by atoms with Crippen molar-refractivity contribution in [1.82, 2.24) is 15.5 Å². The van der Waals surface area contributed by atoms with E-state index in [1.54, 1.807) is 13.8 Å². The fourth-order valence-corrected chi connectivity index (χ4v) is 7.81. The van der Waals surface area contributed by atoms with Crippen LogP contribution in [-0.4, -0.2) is 91.9 Å². The average molecular weight is 885 g/mol. The van der Waals surface area contributed by atoms with Crippen molar-refractivity contribution in [2.45, 2.75) is 131 Å². The Labute approximate surface area is 356 Å². The molecule has 2 fully saturated rings. The fourth-order valence-electron chi connectivity index (χ4n) is 6.56. The molecule has 16 nitrogen and oxygen atoms in total. The van der Waals surface area contributed by atoms with Crippen LogP contribution in [0, 0.1) is 22.7 Å². The number of rotatable bonds is 22. The Morgan fingerprint density at radius 1 is 0.934 bits per heavy atom. The van der Waals surface area contributed by atoms with Crippen LogP contribution in [0.25, 0.3) is 5.57 Å². The van der Waals surface area contributed by atoms with Gasteiger partial charge in [-0.15, -0.1) is 0 Å². The highest BCUT2D eigenvalue weighted by atomic mass is 31.2. The number of ether oxygens (including phenoxy) is 3. The van der Waals surface area contributed by atoms with Gasteiger partial charge in [-0.2, -0.15) is 8.78 Å². The number of nitrogens with one attached hydrogen (secondary N) is 2. The molecule has 0 unspecified atom stereocenters. The Morgan fingerprint density at radius 3 is 1.98 bits per heavy atom. The molecule has 0 aromatic heterocycles. The number of hydrogen-bond donors (Lipinski definition) is 3. The number of primary amides is 1. The lowest BCUT2D eigenvalue weighted by molar-refractivity contribution is -0.163. The van der Waals surface area contributed by atoms with Crippen molar-refractivity contribution in [3.05, 3.63) is 41.5 Å². The number of nitrogens with two attached hydrogens (primary N) is 1. The molecular weight excluding hydrogens is 821 g/mol. The Hall–Kier alpha value is -4.25. The third-order valence-corrected chi connectivity index (χ3v) is 12.4. The van der Waals surface area contributed by atoms with Crippen molar-refractivity contribution in [3.8, 4) is 0 Å². The van der Waals surface area contributed by atoms with Crippen molar-refractivity contribution in [2.75, 3.05) is 27.2 Å². The summed E-state index contributed by atoms with van der Waals surface area (Å²) >= 11 is 0. The zero-order valence-electron chi connectivity index (χ0n) is 36.8. The minimum absolute atomic E-state index is 0.0362. The van der Waals surface area contributed by atoms with Gasteiger partial charge in [0.2, 0.25) is 37.2 Å². The molecule has 1 heterocycles. The van der Waals surface area contributed by atoms with Gasteiger partial charge >= 0.3 is 25.2 Å². The van der Waals surface area contributed by atoms with Crippen LogP contribution in [0.5, 0.6) is 0 Å². The summed E-state index contributed by atoms with van der Waals surface area (Å²) in [6.45, 7) is 12.4. The van der Waals surface area contributed by atoms with Crippen molar-refractivity contribution >= 4 is 48.7 Å². The van der Waals surface area contributed by atoms with Crippen LogP contribution < -0.4 is 16.4 Å². The first-order valence-corrected chi connectivity index (χ1v) is 21.9. The third kappa shape index (κ3) is 13.9. The number of esters is 2. The normalized spacial score (nSPS) is 19.6. The van der Waals surface area contributed by atoms with Gasteiger partial charge in [-0.3, -0.25) is 42.4 Å². The van der Waals surface area contributed by atoms with Gasteiger partial charge in [-0.05, 0) is 97.6 Å². The number of methoxy groups -OCH3 is 1. The molecule has 0 radical (unpaired) electrons. The lowest BCUT2D eigenvalue weighted by atomic mass is 9.98. The number of allylic oxidation sites excluding steroid dienone is 1. The van der Waals surface area contributed by atoms with E-state index in [1.807, 2.05) is 6.92 Å². The number of fused-ring (bicyclic) bond motifs is 1. The Kier molecular flexibility index (Phi) is 17.8. The Balaban J connectivity index is 1.78. The molecule has 19 heteroatoms. The number of nitrogens with zero attached hydrogens (tertiary/aromatic N) is 1. The van der Waals surface area contributed by atoms with E-state index in [-0.39, 0.29) is 30.6 Å². The molecule has 4 N–H and O–H groups in total. The van der Waals surface area contributed by atoms with Crippen LogP contribution in [-0.2, 0) is 62.3 Å². The minimum atomic E-state index is -5.55. The van der Waals surface area contributed by atoms with E-state index in [0.717, 1.165) is 25.0 Å². The smallest absolute Gasteiger partial charge is 0.410 e. The molecule has 1 aliphatic heterocycles. The van der Waals surface area contributed by atoms with E-state index in [9.17, 15) is 33.3 Å². The van der Waals surface area contributed by atoms with Crippen molar-refractivity contribution in [2.24, 2.45) is 28.4 Å². The van der Waals surface area contributed by atoms with Crippen LogP contribution in [0.4, 0.5) is 8.78 Å². The van der Waals surface area contributed by atoms with Gasteiger partial charge in [0.15, 0.2) is 0 Å². The number of unbranched alkanes of at least 4 members (excludes halogenated alkanes) is 1. The summed E-state index contributed by atoms with van der Waals surface area (Å²) in [5, 5.41) is 5.73. The van der Waals surface area contributed by atoms with Crippen LogP contribution in [0.1, 0.15) is 112 Å². The molecule has 6 atom stereocenters. The number of benzene rings is 1. The van der Waals surface area contributed by atoms with Crippen LogP contribution in [0.2, 0.25) is 0 Å². The van der Waals surface area contributed by atoms with Crippen LogP contribution in [0.15, 0.2) is 30.3 Å². The SMILES string of the molecule is CCCC[C@H](NC(=O)/C=C(\C)c1ccc(C(F)(F)P(=O)(OCOC(=O)C(C)(C)C)OCOC(=O)C(C)(C)C)cc1)C(=O)N1C[C@H]2C[C@H]2[C@H]1C(=O)N[C@@H](CCC(N)=O)[C@@H](C)OC. The highest BCUT2D eigenvalue weighted by Crippen LogP contribution is 2.67. The van der Waals surface area contributed by atoms with Gasteiger partial charge < -0.3 is 35.5 Å². The Morgan fingerprint density at radius 2 is 1.49 bits per heavy atom. The summed E-state index contributed by atoms with van der Waals surface area (Å²) in [7, 11) is -4.06. The molecule has 1 saturated heterocycles. The first-order valence-electron chi connectivity index (χ1n) is 20.4. The highest BCUT2D eigenvalue weighted by molar-refractivity contribution is 7.54. The first kappa shape index (κ1) is 51.1. The van der Waals surface area contributed by atoms with E-state index in [4.69, 9.17) is 29.0 Å². The molecule has 1 saturated carbocycles. The maximum atomic E-state index is 16.0. The molecule has 342 valence electrons. The maximum absolute atomic E-state index is 16.0. The number of halogens is 2. The zero-order chi connectivity index (χ0) is 46.1. The number of likely N-dealkylation sites (tertiary alicyclic amines) is 1.